The first-order valence-electron chi connectivity index (χ1n) is 30.0. The van der Waals surface area contributed by atoms with Gasteiger partial charge < -0.3 is 14.2 Å². The van der Waals surface area contributed by atoms with E-state index in [2.05, 4.69) is 179 Å². The summed E-state index contributed by atoms with van der Waals surface area (Å²) in [7, 11) is 0. The minimum Gasteiger partial charge on any atom is -0.462 e. The molecule has 0 saturated heterocycles. The quantitative estimate of drug-likeness (QED) is 0.0261. The molecule has 6 nitrogen and oxygen atoms in total. The fraction of sp³-hybridized carbons (Fsp3) is 0.580. The molecule has 1 unspecified atom stereocenters. The first-order valence-corrected chi connectivity index (χ1v) is 30.0. The Hall–Kier alpha value is -4.97. The van der Waals surface area contributed by atoms with Crippen LogP contribution >= 0.6 is 0 Å². The van der Waals surface area contributed by atoms with E-state index >= 15 is 0 Å². The molecule has 0 saturated carbocycles. The normalized spacial score (nSPS) is 13.3. The van der Waals surface area contributed by atoms with Crippen molar-refractivity contribution in [2.45, 2.75) is 245 Å². The lowest BCUT2D eigenvalue weighted by Gasteiger charge is -2.18. The van der Waals surface area contributed by atoms with Crippen molar-refractivity contribution in [3.8, 4) is 0 Å². The Balaban J connectivity index is 4.55. The number of ether oxygens (including phenoxy) is 3. The highest BCUT2D eigenvalue weighted by Gasteiger charge is 2.19. The fourth-order valence-electron chi connectivity index (χ4n) is 7.57. The molecule has 0 N–H and O–H groups in total. The molecule has 1 atom stereocenters. The summed E-state index contributed by atoms with van der Waals surface area (Å²) in [5, 5.41) is 0. The largest absolute Gasteiger partial charge is 0.462 e. The van der Waals surface area contributed by atoms with Crippen molar-refractivity contribution < 1.29 is 28.6 Å². The van der Waals surface area contributed by atoms with Gasteiger partial charge in [-0.25, -0.2) is 0 Å². The van der Waals surface area contributed by atoms with Gasteiger partial charge in [-0.2, -0.15) is 0 Å². The third-order valence-electron chi connectivity index (χ3n) is 12.0. The maximum absolute atomic E-state index is 12.9. The van der Waals surface area contributed by atoms with Crippen molar-refractivity contribution in [3.05, 3.63) is 158 Å². The second-order valence-corrected chi connectivity index (χ2v) is 19.1. The van der Waals surface area contributed by atoms with Crippen LogP contribution in [-0.2, 0) is 28.6 Å². The van der Waals surface area contributed by atoms with Gasteiger partial charge in [-0.1, -0.05) is 237 Å². The van der Waals surface area contributed by atoms with Gasteiger partial charge in [0.2, 0.25) is 0 Å². The summed E-state index contributed by atoms with van der Waals surface area (Å²) >= 11 is 0. The topological polar surface area (TPSA) is 78.9 Å². The van der Waals surface area contributed by atoms with Crippen molar-refractivity contribution in [1.82, 2.24) is 0 Å². The number of hydrogen-bond acceptors (Lipinski definition) is 6. The molecule has 0 heterocycles. The molecule has 0 aromatic heterocycles. The second-order valence-electron chi connectivity index (χ2n) is 19.1. The number of unbranched alkanes of at least 4 members (excludes halogenated alkanes) is 15. The zero-order valence-electron chi connectivity index (χ0n) is 48.0. The summed E-state index contributed by atoms with van der Waals surface area (Å²) in [6, 6.07) is 0. The molecule has 0 aliphatic rings. The third kappa shape index (κ3) is 59.8. The average molecular weight is 1030 g/mol. The summed E-state index contributed by atoms with van der Waals surface area (Å²) in [5.74, 6) is -1.02. The fourth-order valence-corrected chi connectivity index (χ4v) is 7.57. The summed E-state index contributed by atoms with van der Waals surface area (Å²) in [6.07, 6.45) is 89.5. The van der Waals surface area contributed by atoms with Crippen LogP contribution in [0.25, 0.3) is 0 Å². The van der Waals surface area contributed by atoms with Gasteiger partial charge in [-0.3, -0.25) is 14.4 Å². The summed E-state index contributed by atoms with van der Waals surface area (Å²) in [4.78, 5) is 38.2. The average Bonchev–Trinajstić information content (AvgIpc) is 3.41. The monoisotopic (exact) mass is 1030 g/mol. The molecule has 75 heavy (non-hydrogen) atoms. The van der Waals surface area contributed by atoms with Crippen molar-refractivity contribution in [2.24, 2.45) is 0 Å². The molecule has 0 aliphatic carbocycles. The van der Waals surface area contributed by atoms with Crippen LogP contribution in [-0.4, -0.2) is 37.2 Å². The van der Waals surface area contributed by atoms with Gasteiger partial charge in [0.1, 0.15) is 13.2 Å². The smallest absolute Gasteiger partial charge is 0.306 e. The van der Waals surface area contributed by atoms with Gasteiger partial charge in [-0.15, -0.1) is 0 Å². The van der Waals surface area contributed by atoms with Gasteiger partial charge >= 0.3 is 17.9 Å². The van der Waals surface area contributed by atoms with Crippen LogP contribution in [0.4, 0.5) is 0 Å². The van der Waals surface area contributed by atoms with E-state index in [1.807, 2.05) is 0 Å². The lowest BCUT2D eigenvalue weighted by Crippen LogP contribution is -2.30. The molecule has 0 rings (SSSR count). The molecule has 0 amide bonds. The molecule has 0 bridgehead atoms. The van der Waals surface area contributed by atoms with Crippen LogP contribution in [0.5, 0.6) is 0 Å². The first kappa shape index (κ1) is 70.0. The van der Waals surface area contributed by atoms with E-state index in [4.69, 9.17) is 14.2 Å². The number of carbonyl (C=O) groups is 3. The summed E-state index contributed by atoms with van der Waals surface area (Å²) < 4.78 is 16.8. The predicted molar refractivity (Wildman–Crippen MR) is 325 cm³/mol. The highest BCUT2D eigenvalue weighted by atomic mass is 16.6. The minimum absolute atomic E-state index is 0.120. The van der Waals surface area contributed by atoms with Crippen molar-refractivity contribution in [1.29, 1.82) is 0 Å². The van der Waals surface area contributed by atoms with E-state index in [1.54, 1.807) is 0 Å². The third-order valence-corrected chi connectivity index (χ3v) is 12.0. The molecule has 0 fully saturated rings. The molecule has 6 heteroatoms. The zero-order valence-corrected chi connectivity index (χ0v) is 48.0. The Labute approximate surface area is 460 Å². The Kier molecular flexibility index (Phi) is 57.5. The number of rotatable bonds is 52. The Morgan fingerprint density at radius 1 is 0.280 bits per heavy atom. The lowest BCUT2D eigenvalue weighted by atomic mass is 10.1. The molecule has 0 spiro atoms. The predicted octanol–water partition coefficient (Wildman–Crippen LogP) is 20.5. The minimum atomic E-state index is -0.831. The van der Waals surface area contributed by atoms with Gasteiger partial charge in [0.05, 0.1) is 0 Å². The molecule has 0 radical (unpaired) electrons. The highest BCUT2D eigenvalue weighted by Crippen LogP contribution is 2.13. The van der Waals surface area contributed by atoms with E-state index in [9.17, 15) is 14.4 Å². The van der Waals surface area contributed by atoms with E-state index < -0.39 is 6.10 Å². The van der Waals surface area contributed by atoms with Crippen LogP contribution in [0.3, 0.4) is 0 Å². The Bertz CT molecular complexity index is 1710. The maximum Gasteiger partial charge on any atom is 0.306 e. The standard InChI is InChI=1S/C69H108O6/c1-4-7-10-13-16-19-22-25-28-31-32-33-34-35-36-39-41-44-47-50-53-56-59-62-68(71)74-65-66(75-69(72)63-60-57-54-51-48-45-42-38-30-27-24-21-18-15-12-9-6-3)64-73-67(70)61-58-55-52-49-46-43-40-37-29-26-23-20-17-14-11-8-5-2/h7,9-10,12,16-21,25-30,32-33,35-36,41-42,44-45,51,54,66H,4-6,8,11,13-15,22-24,31,34,37-40,43,46-50,52-53,55-65H2,1-3H3/b10-7-,12-9-,19-16-,20-17-,21-18-,28-25-,29-26-,30-27-,33-32-,36-35-,44-41-,45-42-,54-51-. The number of esters is 3. The Morgan fingerprint density at radius 3 is 0.853 bits per heavy atom. The first-order chi connectivity index (χ1) is 37.0. The van der Waals surface area contributed by atoms with Crippen LogP contribution in [0.15, 0.2) is 158 Å². The molecular weight excluding hydrogens is 925 g/mol. The van der Waals surface area contributed by atoms with E-state index in [-0.39, 0.29) is 37.5 Å². The molecule has 0 aromatic carbocycles. The van der Waals surface area contributed by atoms with E-state index in [1.165, 1.54) is 51.4 Å². The number of hydrogen-bond donors (Lipinski definition) is 0. The number of allylic oxidation sites excluding steroid dienone is 26. The van der Waals surface area contributed by atoms with Gasteiger partial charge in [0.15, 0.2) is 6.10 Å². The Morgan fingerprint density at radius 2 is 0.533 bits per heavy atom. The lowest BCUT2D eigenvalue weighted by molar-refractivity contribution is -0.167. The highest BCUT2D eigenvalue weighted by molar-refractivity contribution is 5.71. The van der Waals surface area contributed by atoms with E-state index in [0.717, 1.165) is 141 Å². The van der Waals surface area contributed by atoms with Gasteiger partial charge in [0.25, 0.3) is 0 Å². The van der Waals surface area contributed by atoms with Crippen LogP contribution < -0.4 is 0 Å². The zero-order chi connectivity index (χ0) is 54.3. The van der Waals surface area contributed by atoms with Crippen molar-refractivity contribution in [3.63, 3.8) is 0 Å². The second kappa shape index (κ2) is 61.6. The summed E-state index contributed by atoms with van der Waals surface area (Å²) in [6.45, 7) is 6.30. The molecule has 420 valence electrons. The van der Waals surface area contributed by atoms with Gasteiger partial charge in [-0.05, 0) is 141 Å². The van der Waals surface area contributed by atoms with E-state index in [0.29, 0.717) is 19.3 Å². The molecule has 0 aliphatic heterocycles. The van der Waals surface area contributed by atoms with Crippen LogP contribution in [0.1, 0.15) is 239 Å². The van der Waals surface area contributed by atoms with Crippen molar-refractivity contribution in [2.75, 3.05) is 13.2 Å². The number of carbonyl (C=O) groups excluding carboxylic acids is 3. The van der Waals surface area contributed by atoms with Crippen LogP contribution in [0.2, 0.25) is 0 Å². The maximum atomic E-state index is 12.9. The van der Waals surface area contributed by atoms with Gasteiger partial charge in [0, 0.05) is 19.3 Å². The van der Waals surface area contributed by atoms with Crippen LogP contribution in [0, 0.1) is 0 Å². The molecular formula is C69H108O6. The SMILES string of the molecule is CC/C=C\C/C=C\C/C=C\C/C=C\C/C=C\C/C=C\CCCCCCC(=O)OCC(COC(=O)CCCCCCCCC/C=C\C/C=C\CCCCC)OC(=O)CCC/C=C\C/C=C\C/C=C\C/C=C\C/C=C\CC. The summed E-state index contributed by atoms with van der Waals surface area (Å²) in [5.41, 5.74) is 0. The van der Waals surface area contributed by atoms with Crippen molar-refractivity contribution >= 4 is 17.9 Å². The molecule has 0 aromatic rings.